The predicted molar refractivity (Wildman–Crippen MR) is 105 cm³/mol. The molecule has 3 aromatic rings. The Labute approximate surface area is 153 Å². The van der Waals surface area contributed by atoms with Crippen molar-refractivity contribution in [2.75, 3.05) is 6.61 Å². The van der Waals surface area contributed by atoms with Crippen molar-refractivity contribution < 1.29 is 4.74 Å². The molecule has 0 spiro atoms. The maximum atomic E-state index is 5.91. The van der Waals surface area contributed by atoms with Crippen LogP contribution in [0.1, 0.15) is 23.9 Å². The van der Waals surface area contributed by atoms with Gasteiger partial charge in [-0.3, -0.25) is 4.99 Å². The van der Waals surface area contributed by atoms with E-state index in [2.05, 4.69) is 41.6 Å². The Kier molecular flexibility index (Phi) is 5.25. The predicted octanol–water partition coefficient (Wildman–Crippen LogP) is 5.90. The molecule has 3 rings (SSSR count). The third kappa shape index (κ3) is 3.94. The Morgan fingerprint density at radius 2 is 1.72 bits per heavy atom. The van der Waals surface area contributed by atoms with Gasteiger partial charge in [0.1, 0.15) is 5.75 Å². The molecule has 1 aromatic heterocycles. The lowest BCUT2D eigenvalue weighted by molar-refractivity contribution is 0.340. The summed E-state index contributed by atoms with van der Waals surface area (Å²) in [5.74, 6) is 0.887. The van der Waals surface area contributed by atoms with E-state index in [4.69, 9.17) is 16.3 Å². The molecule has 3 nitrogen and oxygen atoms in total. The van der Waals surface area contributed by atoms with Crippen molar-refractivity contribution in [3.8, 4) is 11.4 Å². The molecule has 128 valence electrons. The summed E-state index contributed by atoms with van der Waals surface area (Å²) in [4.78, 5) is 4.55. The second-order valence-corrected chi connectivity index (χ2v) is 6.26. The fourth-order valence-electron chi connectivity index (χ4n) is 2.84. The monoisotopic (exact) mass is 352 g/mol. The van der Waals surface area contributed by atoms with Crippen molar-refractivity contribution in [2.24, 2.45) is 4.99 Å². The van der Waals surface area contributed by atoms with Crippen molar-refractivity contribution in [2.45, 2.75) is 20.8 Å². The van der Waals surface area contributed by atoms with E-state index in [1.54, 1.807) is 0 Å². The fourth-order valence-corrected chi connectivity index (χ4v) is 2.97. The van der Waals surface area contributed by atoms with Gasteiger partial charge >= 0.3 is 0 Å². The number of benzene rings is 2. The number of aryl methyl sites for hydroxylation is 1. The van der Waals surface area contributed by atoms with E-state index in [0.717, 1.165) is 28.4 Å². The maximum absolute atomic E-state index is 5.91. The smallest absolute Gasteiger partial charge is 0.119 e. The van der Waals surface area contributed by atoms with Crippen LogP contribution in [0.25, 0.3) is 5.69 Å². The van der Waals surface area contributed by atoms with Crippen LogP contribution in [-0.4, -0.2) is 17.4 Å². The van der Waals surface area contributed by atoms with Crippen molar-refractivity contribution in [3.05, 3.63) is 76.6 Å². The van der Waals surface area contributed by atoms with Crippen LogP contribution in [0.4, 0.5) is 5.69 Å². The standard InChI is InChI=1S/C21H21ClN2O/c1-4-25-21-11-9-20(10-12-21)24-15(2)13-17(16(24)3)14-23-19-7-5-18(22)6-8-19/h5-14H,4H2,1-3H3. The Balaban J connectivity index is 1.88. The Hall–Kier alpha value is -2.52. The lowest BCUT2D eigenvalue weighted by Gasteiger charge is -2.10. The minimum atomic E-state index is 0.673. The average Bonchev–Trinajstić information content (AvgIpc) is 2.89. The van der Waals surface area contributed by atoms with Gasteiger partial charge in [-0.15, -0.1) is 0 Å². The number of nitrogens with zero attached hydrogens (tertiary/aromatic N) is 2. The molecule has 0 unspecified atom stereocenters. The van der Waals surface area contributed by atoms with E-state index in [1.807, 2.05) is 49.5 Å². The molecule has 25 heavy (non-hydrogen) atoms. The summed E-state index contributed by atoms with van der Waals surface area (Å²) in [6.07, 6.45) is 1.90. The summed E-state index contributed by atoms with van der Waals surface area (Å²) >= 11 is 5.91. The lowest BCUT2D eigenvalue weighted by Crippen LogP contribution is -2.00. The summed E-state index contributed by atoms with van der Waals surface area (Å²) in [6, 6.07) is 17.8. The van der Waals surface area contributed by atoms with Crippen molar-refractivity contribution in [1.29, 1.82) is 0 Å². The SMILES string of the molecule is CCOc1ccc(-n2c(C)cc(C=Nc3ccc(Cl)cc3)c2C)cc1. The second kappa shape index (κ2) is 7.58. The summed E-state index contributed by atoms with van der Waals surface area (Å²) < 4.78 is 7.74. The Morgan fingerprint density at radius 3 is 2.36 bits per heavy atom. The molecule has 0 aliphatic heterocycles. The first-order valence-corrected chi connectivity index (χ1v) is 8.68. The molecule has 0 atom stereocenters. The van der Waals surface area contributed by atoms with Crippen LogP contribution >= 0.6 is 11.6 Å². The van der Waals surface area contributed by atoms with Gasteiger partial charge in [-0.25, -0.2) is 0 Å². The molecule has 0 bridgehead atoms. The fraction of sp³-hybridized carbons (Fsp3) is 0.190. The van der Waals surface area contributed by atoms with Gasteiger partial charge in [0.2, 0.25) is 0 Å². The molecule has 2 aromatic carbocycles. The quantitative estimate of drug-likeness (QED) is 0.525. The number of halogens is 1. The summed E-state index contributed by atoms with van der Waals surface area (Å²) in [5.41, 5.74) is 5.42. The normalized spacial score (nSPS) is 11.2. The molecule has 4 heteroatoms. The summed E-state index contributed by atoms with van der Waals surface area (Å²) in [6.45, 7) is 6.86. The Morgan fingerprint density at radius 1 is 1.04 bits per heavy atom. The topological polar surface area (TPSA) is 26.5 Å². The minimum absolute atomic E-state index is 0.673. The van der Waals surface area contributed by atoms with Crippen molar-refractivity contribution in [3.63, 3.8) is 0 Å². The first-order valence-electron chi connectivity index (χ1n) is 8.30. The highest BCUT2D eigenvalue weighted by atomic mass is 35.5. The second-order valence-electron chi connectivity index (χ2n) is 5.82. The van der Waals surface area contributed by atoms with Gasteiger partial charge in [0.25, 0.3) is 0 Å². The number of hydrogen-bond acceptors (Lipinski definition) is 2. The zero-order chi connectivity index (χ0) is 17.8. The summed E-state index contributed by atoms with van der Waals surface area (Å²) in [5, 5.41) is 0.715. The van der Waals surface area contributed by atoms with Gasteiger partial charge < -0.3 is 9.30 Å². The molecule has 0 N–H and O–H groups in total. The van der Waals surface area contributed by atoms with Crippen molar-refractivity contribution in [1.82, 2.24) is 4.57 Å². The molecular weight excluding hydrogens is 332 g/mol. The van der Waals surface area contributed by atoms with Gasteiger partial charge in [0, 0.05) is 33.9 Å². The van der Waals surface area contributed by atoms with Crippen LogP contribution in [0.3, 0.4) is 0 Å². The molecule has 0 fully saturated rings. The van der Waals surface area contributed by atoms with Gasteiger partial charge in [-0.2, -0.15) is 0 Å². The molecule has 0 aliphatic carbocycles. The number of aromatic nitrogens is 1. The molecule has 0 radical (unpaired) electrons. The van der Waals surface area contributed by atoms with E-state index in [-0.39, 0.29) is 0 Å². The molecule has 0 amide bonds. The minimum Gasteiger partial charge on any atom is -0.494 e. The van der Waals surface area contributed by atoms with Gasteiger partial charge in [-0.1, -0.05) is 11.6 Å². The summed E-state index contributed by atoms with van der Waals surface area (Å²) in [7, 11) is 0. The van der Waals surface area contributed by atoms with Gasteiger partial charge in [0.15, 0.2) is 0 Å². The van der Waals surface area contributed by atoms with E-state index < -0.39 is 0 Å². The third-order valence-electron chi connectivity index (χ3n) is 4.06. The van der Waals surface area contributed by atoms with Gasteiger partial charge in [-0.05, 0) is 75.4 Å². The van der Waals surface area contributed by atoms with Crippen LogP contribution in [0.15, 0.2) is 59.6 Å². The van der Waals surface area contributed by atoms with Gasteiger partial charge in [0.05, 0.1) is 12.3 Å². The number of rotatable bonds is 5. The zero-order valence-electron chi connectivity index (χ0n) is 14.7. The highest BCUT2D eigenvalue weighted by molar-refractivity contribution is 6.30. The number of aliphatic imine (C=N–C) groups is 1. The number of ether oxygens (including phenoxy) is 1. The Bertz CT molecular complexity index is 878. The first kappa shape index (κ1) is 17.3. The van der Waals surface area contributed by atoms with E-state index in [0.29, 0.717) is 11.6 Å². The van der Waals surface area contributed by atoms with E-state index in [1.165, 1.54) is 5.69 Å². The van der Waals surface area contributed by atoms with Crippen LogP contribution in [0.5, 0.6) is 5.75 Å². The highest BCUT2D eigenvalue weighted by Gasteiger charge is 2.09. The maximum Gasteiger partial charge on any atom is 0.119 e. The van der Waals surface area contributed by atoms with Crippen molar-refractivity contribution >= 4 is 23.5 Å². The van der Waals surface area contributed by atoms with Crippen LogP contribution < -0.4 is 4.74 Å². The molecule has 0 saturated heterocycles. The molecule has 0 aliphatic rings. The van der Waals surface area contributed by atoms with Crippen LogP contribution in [0.2, 0.25) is 5.02 Å². The van der Waals surface area contributed by atoms with E-state index >= 15 is 0 Å². The average molecular weight is 353 g/mol. The highest BCUT2D eigenvalue weighted by Crippen LogP contribution is 2.23. The molecular formula is C21H21ClN2O. The lowest BCUT2D eigenvalue weighted by atomic mass is 10.2. The third-order valence-corrected chi connectivity index (χ3v) is 4.31. The molecule has 0 saturated carbocycles. The van der Waals surface area contributed by atoms with Crippen LogP contribution in [-0.2, 0) is 0 Å². The zero-order valence-corrected chi connectivity index (χ0v) is 15.4. The number of hydrogen-bond donors (Lipinski definition) is 0. The van der Waals surface area contributed by atoms with Crippen LogP contribution in [0, 0.1) is 13.8 Å². The van der Waals surface area contributed by atoms with E-state index in [9.17, 15) is 0 Å². The molecule has 1 heterocycles. The first-order chi connectivity index (χ1) is 12.1. The largest absolute Gasteiger partial charge is 0.494 e.